The maximum atomic E-state index is 13.5. The molecule has 5 rings (SSSR count). The Kier molecular flexibility index (Phi) is 6.05. The lowest BCUT2D eigenvalue weighted by atomic mass is 10.2. The van der Waals surface area contributed by atoms with E-state index in [-0.39, 0.29) is 11.7 Å². The van der Waals surface area contributed by atoms with E-state index in [1.54, 1.807) is 29.0 Å². The molecule has 166 valence electrons. The van der Waals surface area contributed by atoms with E-state index >= 15 is 0 Å². The molecule has 0 spiro atoms. The van der Waals surface area contributed by atoms with E-state index in [1.807, 2.05) is 60.0 Å². The van der Waals surface area contributed by atoms with Crippen LogP contribution in [0.4, 0.5) is 11.4 Å². The number of carbonyl (C=O) groups is 1. The van der Waals surface area contributed by atoms with Gasteiger partial charge in [0.1, 0.15) is 5.76 Å². The molecule has 0 saturated carbocycles. The Morgan fingerprint density at radius 1 is 1.18 bits per heavy atom. The molecule has 0 fully saturated rings. The van der Waals surface area contributed by atoms with E-state index < -0.39 is 0 Å². The van der Waals surface area contributed by atoms with Gasteiger partial charge in [0, 0.05) is 21.4 Å². The number of rotatable bonds is 6. The summed E-state index contributed by atoms with van der Waals surface area (Å²) in [4.78, 5) is 17.3. The molecule has 1 aliphatic heterocycles. The van der Waals surface area contributed by atoms with Crippen molar-refractivity contribution in [2.75, 3.05) is 10.7 Å². The first-order valence-corrected chi connectivity index (χ1v) is 12.4. The summed E-state index contributed by atoms with van der Waals surface area (Å²) in [6.45, 7) is 6.25. The maximum absolute atomic E-state index is 13.5. The van der Waals surface area contributed by atoms with E-state index in [9.17, 15) is 4.79 Å². The molecule has 0 bridgehead atoms. The van der Waals surface area contributed by atoms with Crippen LogP contribution in [0.15, 0.2) is 86.8 Å². The number of aryl methyl sites for hydroxylation is 1. The van der Waals surface area contributed by atoms with Crippen LogP contribution in [0.1, 0.15) is 5.76 Å². The average molecular weight is 495 g/mol. The van der Waals surface area contributed by atoms with Gasteiger partial charge in [-0.15, -0.1) is 16.8 Å². The predicted molar refractivity (Wildman–Crippen MR) is 133 cm³/mol. The van der Waals surface area contributed by atoms with E-state index in [4.69, 9.17) is 16.0 Å². The number of fused-ring (bicyclic) bond motifs is 2. The fourth-order valence-electron chi connectivity index (χ4n) is 3.69. The second-order valence-corrected chi connectivity index (χ2v) is 9.76. The molecule has 9 heteroatoms. The van der Waals surface area contributed by atoms with Crippen molar-refractivity contribution in [3.05, 3.63) is 78.2 Å². The molecule has 4 aromatic rings. The summed E-state index contributed by atoms with van der Waals surface area (Å²) in [5.74, 6) is 1.57. The number of halogens is 1. The van der Waals surface area contributed by atoms with Crippen LogP contribution in [0.5, 0.6) is 0 Å². The summed E-state index contributed by atoms with van der Waals surface area (Å²) in [5.41, 5.74) is 2.51. The third kappa shape index (κ3) is 4.10. The molecule has 0 unspecified atom stereocenters. The van der Waals surface area contributed by atoms with Crippen molar-refractivity contribution in [1.29, 1.82) is 0 Å². The van der Waals surface area contributed by atoms with Gasteiger partial charge >= 0.3 is 0 Å². The second-order valence-electron chi connectivity index (χ2n) is 7.30. The number of amides is 1. The van der Waals surface area contributed by atoms with Gasteiger partial charge in [0.15, 0.2) is 11.0 Å². The highest BCUT2D eigenvalue weighted by molar-refractivity contribution is 8.00. The lowest BCUT2D eigenvalue weighted by molar-refractivity contribution is -0.115. The number of furan rings is 1. The van der Waals surface area contributed by atoms with Crippen LogP contribution in [-0.4, -0.2) is 26.4 Å². The highest BCUT2D eigenvalue weighted by Crippen LogP contribution is 2.49. The summed E-state index contributed by atoms with van der Waals surface area (Å²) in [5, 5.41) is 9.92. The summed E-state index contributed by atoms with van der Waals surface area (Å²) in [7, 11) is 0. The number of carbonyl (C=O) groups excluding carboxylic acids is 1. The third-order valence-corrected chi connectivity index (χ3v) is 7.51. The van der Waals surface area contributed by atoms with Crippen molar-refractivity contribution in [1.82, 2.24) is 14.8 Å². The smallest absolute Gasteiger partial charge is 0.242 e. The normalized spacial score (nSPS) is 12.4. The molecule has 2 aromatic heterocycles. The highest BCUT2D eigenvalue weighted by atomic mass is 35.5. The molecule has 3 heterocycles. The molecular weight excluding hydrogens is 476 g/mol. The van der Waals surface area contributed by atoms with Crippen LogP contribution >= 0.6 is 35.1 Å². The lowest BCUT2D eigenvalue weighted by Gasteiger charge is -2.31. The van der Waals surface area contributed by atoms with Crippen molar-refractivity contribution >= 4 is 52.4 Å². The fourth-order valence-corrected chi connectivity index (χ4v) is 5.69. The van der Waals surface area contributed by atoms with Gasteiger partial charge in [0.2, 0.25) is 5.91 Å². The minimum absolute atomic E-state index is 0.0644. The SMILES string of the molecule is C=CCn1c(SCC(=O)N2c3ccccc3Sc3ccc(Cl)cc32)nnc1-c1ccoc1C. The van der Waals surface area contributed by atoms with Crippen LogP contribution < -0.4 is 4.90 Å². The Hall–Kier alpha value is -2.94. The van der Waals surface area contributed by atoms with Crippen LogP contribution in [0, 0.1) is 6.92 Å². The largest absolute Gasteiger partial charge is 0.469 e. The first-order valence-electron chi connectivity index (χ1n) is 10.2. The van der Waals surface area contributed by atoms with Crippen LogP contribution in [0.25, 0.3) is 11.4 Å². The summed E-state index contributed by atoms with van der Waals surface area (Å²) in [6.07, 6.45) is 3.41. The zero-order chi connectivity index (χ0) is 22.9. The summed E-state index contributed by atoms with van der Waals surface area (Å²) >= 11 is 9.25. The number of aromatic nitrogens is 3. The van der Waals surface area contributed by atoms with E-state index in [1.165, 1.54) is 11.8 Å². The van der Waals surface area contributed by atoms with Gasteiger partial charge in [-0.3, -0.25) is 14.3 Å². The maximum Gasteiger partial charge on any atom is 0.242 e. The van der Waals surface area contributed by atoms with Gasteiger partial charge in [-0.1, -0.05) is 53.3 Å². The number of hydrogen-bond donors (Lipinski definition) is 0. The Morgan fingerprint density at radius 2 is 2.00 bits per heavy atom. The first-order chi connectivity index (χ1) is 16.1. The van der Waals surface area contributed by atoms with Crippen molar-refractivity contribution in [3.63, 3.8) is 0 Å². The van der Waals surface area contributed by atoms with Crippen molar-refractivity contribution < 1.29 is 9.21 Å². The van der Waals surface area contributed by atoms with Gasteiger partial charge in [-0.25, -0.2) is 0 Å². The molecule has 0 N–H and O–H groups in total. The molecule has 6 nitrogen and oxygen atoms in total. The predicted octanol–water partition coefficient (Wildman–Crippen LogP) is 6.61. The zero-order valence-electron chi connectivity index (χ0n) is 17.7. The number of para-hydroxylation sites is 1. The number of thioether (sulfide) groups is 1. The highest BCUT2D eigenvalue weighted by Gasteiger charge is 2.29. The van der Waals surface area contributed by atoms with Gasteiger partial charge in [-0.2, -0.15) is 0 Å². The molecule has 1 amide bonds. The lowest BCUT2D eigenvalue weighted by Crippen LogP contribution is -2.30. The number of benzene rings is 2. The monoisotopic (exact) mass is 494 g/mol. The zero-order valence-corrected chi connectivity index (χ0v) is 20.1. The van der Waals surface area contributed by atoms with Gasteiger partial charge in [0.25, 0.3) is 0 Å². The topological polar surface area (TPSA) is 64.2 Å². The van der Waals surface area contributed by atoms with Crippen molar-refractivity contribution in [3.8, 4) is 11.4 Å². The first kappa shape index (κ1) is 21.9. The third-order valence-electron chi connectivity index (χ3n) is 5.19. The van der Waals surface area contributed by atoms with E-state index in [0.29, 0.717) is 22.5 Å². The minimum Gasteiger partial charge on any atom is -0.469 e. The number of allylic oxidation sites excluding steroid dienone is 1. The van der Waals surface area contributed by atoms with Crippen LogP contribution in [-0.2, 0) is 11.3 Å². The van der Waals surface area contributed by atoms with Gasteiger partial charge < -0.3 is 4.42 Å². The summed E-state index contributed by atoms with van der Waals surface area (Å²) in [6, 6.07) is 15.4. The van der Waals surface area contributed by atoms with Gasteiger partial charge in [-0.05, 0) is 43.3 Å². The van der Waals surface area contributed by atoms with Crippen LogP contribution in [0.2, 0.25) is 5.02 Å². The Bertz CT molecular complexity index is 1360. The van der Waals surface area contributed by atoms with Crippen molar-refractivity contribution in [2.24, 2.45) is 0 Å². The van der Waals surface area contributed by atoms with Crippen molar-refractivity contribution in [2.45, 2.75) is 28.4 Å². The average Bonchev–Trinajstić information content (AvgIpc) is 3.41. The molecular formula is C24H19ClN4O2S2. The Balaban J connectivity index is 1.45. The number of nitrogens with zero attached hydrogens (tertiary/aromatic N) is 4. The van der Waals surface area contributed by atoms with E-state index in [0.717, 1.165) is 32.5 Å². The molecule has 0 aliphatic carbocycles. The van der Waals surface area contributed by atoms with Gasteiger partial charge in [0.05, 0.1) is 29.0 Å². The van der Waals surface area contributed by atoms with Crippen LogP contribution in [0.3, 0.4) is 0 Å². The second kappa shape index (κ2) is 9.13. The Labute approximate surface area is 204 Å². The number of hydrogen-bond acceptors (Lipinski definition) is 6. The Morgan fingerprint density at radius 3 is 2.79 bits per heavy atom. The standard InChI is InChI=1S/C24H19ClN4O2S2/c1-3-11-28-23(17-10-12-31-15(17)2)26-27-24(28)32-14-22(30)29-18-6-4-5-7-20(18)33-21-9-8-16(25)13-19(21)29/h3-10,12-13H,1,11,14H2,2H3. The molecule has 0 radical (unpaired) electrons. The fraction of sp³-hybridized carbons (Fsp3) is 0.125. The molecule has 1 aliphatic rings. The summed E-state index contributed by atoms with van der Waals surface area (Å²) < 4.78 is 7.37. The molecule has 33 heavy (non-hydrogen) atoms. The molecule has 0 atom stereocenters. The van der Waals surface area contributed by atoms with E-state index in [2.05, 4.69) is 16.8 Å². The quantitative estimate of drug-likeness (QED) is 0.222. The number of anilines is 2. The molecule has 2 aromatic carbocycles. The molecule has 0 saturated heterocycles. The minimum atomic E-state index is -0.0644.